The Morgan fingerprint density at radius 1 is 0.885 bits per heavy atom. The Labute approximate surface area is 168 Å². The van der Waals surface area contributed by atoms with Crippen LogP contribution >= 0.6 is 34.8 Å². The van der Waals surface area contributed by atoms with Gasteiger partial charge < -0.3 is 4.74 Å². The van der Waals surface area contributed by atoms with E-state index in [0.29, 0.717) is 21.7 Å². The fourth-order valence-corrected chi connectivity index (χ4v) is 2.90. The van der Waals surface area contributed by atoms with Gasteiger partial charge in [0.2, 0.25) is 0 Å². The third kappa shape index (κ3) is 5.01. The first kappa shape index (κ1) is 18.8. The number of hydrogen-bond acceptors (Lipinski definition) is 2. The number of benzene rings is 3. The van der Waals surface area contributed by atoms with Crippen LogP contribution in [0.2, 0.25) is 15.1 Å². The maximum atomic E-state index is 6.15. The third-order valence-corrected chi connectivity index (χ3v) is 4.80. The molecule has 132 valence electrons. The van der Waals surface area contributed by atoms with E-state index in [4.69, 9.17) is 39.5 Å². The zero-order valence-electron chi connectivity index (χ0n) is 14.0. The summed E-state index contributed by atoms with van der Waals surface area (Å²) in [5.41, 5.74) is 3.71. The lowest BCUT2D eigenvalue weighted by atomic mass is 10.2. The second-order valence-electron chi connectivity index (χ2n) is 5.79. The molecule has 0 aliphatic heterocycles. The smallest absolute Gasteiger partial charge is 0.119 e. The van der Waals surface area contributed by atoms with Crippen molar-refractivity contribution in [3.63, 3.8) is 0 Å². The van der Waals surface area contributed by atoms with Gasteiger partial charge in [-0.3, -0.25) is 4.99 Å². The normalized spacial score (nSPS) is 11.1. The number of hydrogen-bond donors (Lipinski definition) is 0. The standard InChI is InChI=1S/C21H16Cl3NO/c1-14-2-7-18(11-20(14)23)25-12-15-3-8-19(9-4-15)26-13-16-5-6-17(22)10-21(16)24/h2-12H,13H2,1H3. The fraction of sp³-hybridized carbons (Fsp3) is 0.0952. The van der Waals surface area contributed by atoms with Crippen LogP contribution in [0.25, 0.3) is 0 Å². The van der Waals surface area contributed by atoms with E-state index in [2.05, 4.69) is 4.99 Å². The summed E-state index contributed by atoms with van der Waals surface area (Å²) in [4.78, 5) is 4.44. The molecule has 0 spiro atoms. The molecule has 0 radical (unpaired) electrons. The number of aryl methyl sites for hydroxylation is 1. The van der Waals surface area contributed by atoms with E-state index < -0.39 is 0 Å². The lowest BCUT2D eigenvalue weighted by Gasteiger charge is -2.08. The second kappa shape index (κ2) is 8.59. The van der Waals surface area contributed by atoms with Crippen LogP contribution in [0.1, 0.15) is 16.7 Å². The summed E-state index contributed by atoms with van der Waals surface area (Å²) in [5.74, 6) is 0.756. The van der Waals surface area contributed by atoms with Crippen LogP contribution in [0, 0.1) is 6.92 Å². The van der Waals surface area contributed by atoms with E-state index in [1.807, 2.05) is 55.5 Å². The molecule has 0 atom stereocenters. The van der Waals surface area contributed by atoms with Gasteiger partial charge in [-0.1, -0.05) is 46.9 Å². The van der Waals surface area contributed by atoms with E-state index in [1.54, 1.807) is 18.3 Å². The van der Waals surface area contributed by atoms with Crippen molar-refractivity contribution in [2.75, 3.05) is 0 Å². The lowest BCUT2D eigenvalue weighted by molar-refractivity contribution is 0.306. The van der Waals surface area contributed by atoms with Crippen molar-refractivity contribution in [3.05, 3.63) is 92.4 Å². The van der Waals surface area contributed by atoms with Crippen molar-refractivity contribution in [2.24, 2.45) is 4.99 Å². The maximum Gasteiger partial charge on any atom is 0.119 e. The van der Waals surface area contributed by atoms with Crippen LogP contribution in [0.5, 0.6) is 5.75 Å². The van der Waals surface area contributed by atoms with Gasteiger partial charge in [0, 0.05) is 26.8 Å². The molecule has 5 heteroatoms. The quantitative estimate of drug-likeness (QED) is 0.409. The molecule has 0 aromatic heterocycles. The molecule has 0 aliphatic carbocycles. The molecule has 0 bridgehead atoms. The highest BCUT2D eigenvalue weighted by Gasteiger charge is 2.03. The molecule has 0 saturated heterocycles. The number of nitrogens with zero attached hydrogens (tertiary/aromatic N) is 1. The van der Waals surface area contributed by atoms with Gasteiger partial charge in [0.1, 0.15) is 12.4 Å². The van der Waals surface area contributed by atoms with E-state index >= 15 is 0 Å². The first-order valence-electron chi connectivity index (χ1n) is 7.98. The number of halogens is 3. The first-order valence-corrected chi connectivity index (χ1v) is 9.12. The minimum atomic E-state index is 0.380. The monoisotopic (exact) mass is 403 g/mol. The lowest BCUT2D eigenvalue weighted by Crippen LogP contribution is -1.96. The van der Waals surface area contributed by atoms with Crippen molar-refractivity contribution < 1.29 is 4.74 Å². The zero-order chi connectivity index (χ0) is 18.5. The molecular formula is C21H16Cl3NO. The molecule has 3 rings (SSSR count). The topological polar surface area (TPSA) is 21.6 Å². The minimum absolute atomic E-state index is 0.380. The summed E-state index contributed by atoms with van der Waals surface area (Å²) in [6.07, 6.45) is 1.79. The van der Waals surface area contributed by atoms with Crippen LogP contribution < -0.4 is 4.74 Å². The Kier molecular flexibility index (Phi) is 6.20. The van der Waals surface area contributed by atoms with Gasteiger partial charge in [-0.05, 0) is 66.6 Å². The van der Waals surface area contributed by atoms with E-state index in [1.165, 1.54) is 0 Å². The largest absolute Gasteiger partial charge is 0.489 e. The van der Waals surface area contributed by atoms with Gasteiger partial charge in [-0.25, -0.2) is 0 Å². The fourth-order valence-electron chi connectivity index (χ4n) is 2.26. The molecule has 0 heterocycles. The molecular weight excluding hydrogens is 389 g/mol. The molecule has 0 unspecified atom stereocenters. The molecule has 0 amide bonds. The average Bonchev–Trinajstić information content (AvgIpc) is 2.63. The van der Waals surface area contributed by atoms with Crippen LogP contribution in [0.3, 0.4) is 0 Å². The van der Waals surface area contributed by atoms with E-state index in [0.717, 1.165) is 28.1 Å². The third-order valence-electron chi connectivity index (χ3n) is 3.81. The SMILES string of the molecule is Cc1ccc(N=Cc2ccc(OCc3ccc(Cl)cc3Cl)cc2)cc1Cl. The highest BCUT2D eigenvalue weighted by atomic mass is 35.5. The summed E-state index contributed by atoms with van der Waals surface area (Å²) in [7, 11) is 0. The Bertz CT molecular complexity index is 936. The first-order chi connectivity index (χ1) is 12.5. The zero-order valence-corrected chi connectivity index (χ0v) is 16.3. The Morgan fingerprint density at radius 3 is 2.35 bits per heavy atom. The number of rotatable bonds is 5. The number of aliphatic imine (C=N–C) groups is 1. The summed E-state index contributed by atoms with van der Waals surface area (Å²) in [6.45, 7) is 2.34. The predicted molar refractivity (Wildman–Crippen MR) is 111 cm³/mol. The molecule has 26 heavy (non-hydrogen) atoms. The van der Waals surface area contributed by atoms with Crippen LogP contribution in [-0.2, 0) is 6.61 Å². The molecule has 0 fully saturated rings. The van der Waals surface area contributed by atoms with Crippen LogP contribution in [-0.4, -0.2) is 6.21 Å². The summed E-state index contributed by atoms with van der Waals surface area (Å²) in [6, 6.07) is 18.8. The number of ether oxygens (including phenoxy) is 1. The van der Waals surface area contributed by atoms with Crippen molar-refractivity contribution in [2.45, 2.75) is 13.5 Å². The van der Waals surface area contributed by atoms with Crippen LogP contribution in [0.15, 0.2) is 65.7 Å². The molecule has 3 aromatic rings. The average molecular weight is 405 g/mol. The highest BCUT2D eigenvalue weighted by molar-refractivity contribution is 6.35. The van der Waals surface area contributed by atoms with Gasteiger partial charge in [0.25, 0.3) is 0 Å². The molecule has 0 N–H and O–H groups in total. The van der Waals surface area contributed by atoms with Crippen molar-refractivity contribution in [1.29, 1.82) is 0 Å². The van der Waals surface area contributed by atoms with Gasteiger partial charge in [0.05, 0.1) is 5.69 Å². The molecule has 0 aliphatic rings. The van der Waals surface area contributed by atoms with E-state index in [9.17, 15) is 0 Å². The Morgan fingerprint density at radius 2 is 1.65 bits per heavy atom. The Balaban J connectivity index is 1.62. The van der Waals surface area contributed by atoms with Crippen molar-refractivity contribution in [1.82, 2.24) is 0 Å². The van der Waals surface area contributed by atoms with Gasteiger partial charge in [-0.15, -0.1) is 0 Å². The highest BCUT2D eigenvalue weighted by Crippen LogP contribution is 2.24. The minimum Gasteiger partial charge on any atom is -0.489 e. The summed E-state index contributed by atoms with van der Waals surface area (Å²) in [5, 5.41) is 1.92. The predicted octanol–water partition coefficient (Wildman–Crippen LogP) is 7.28. The van der Waals surface area contributed by atoms with Crippen LogP contribution in [0.4, 0.5) is 5.69 Å². The molecule has 3 aromatic carbocycles. The van der Waals surface area contributed by atoms with E-state index in [-0.39, 0.29) is 0 Å². The second-order valence-corrected chi connectivity index (χ2v) is 7.04. The van der Waals surface area contributed by atoms with Gasteiger partial charge >= 0.3 is 0 Å². The summed E-state index contributed by atoms with van der Waals surface area (Å²) < 4.78 is 5.77. The summed E-state index contributed by atoms with van der Waals surface area (Å²) >= 11 is 18.2. The van der Waals surface area contributed by atoms with Gasteiger partial charge in [-0.2, -0.15) is 0 Å². The molecule has 2 nitrogen and oxygen atoms in total. The Hall–Kier alpha value is -2.00. The van der Waals surface area contributed by atoms with Crippen molar-refractivity contribution in [3.8, 4) is 5.75 Å². The maximum absolute atomic E-state index is 6.15. The van der Waals surface area contributed by atoms with Crippen molar-refractivity contribution >= 4 is 46.7 Å². The molecule has 0 saturated carbocycles. The van der Waals surface area contributed by atoms with Gasteiger partial charge in [0.15, 0.2) is 0 Å².